The number of alkyl carbamates (subject to hydrolysis) is 1. The summed E-state index contributed by atoms with van der Waals surface area (Å²) in [6.07, 6.45) is -0.583. The highest BCUT2D eigenvalue weighted by Gasteiger charge is 2.16. The lowest BCUT2D eigenvalue weighted by Gasteiger charge is -2.19. The Hall–Kier alpha value is -2.83. The Morgan fingerprint density at radius 3 is 2.54 bits per heavy atom. The highest BCUT2D eigenvalue weighted by molar-refractivity contribution is 5.83. The monoisotopic (exact) mass is 333 g/mol. The molecule has 7 heteroatoms. The van der Waals surface area contributed by atoms with Gasteiger partial charge in [0.05, 0.1) is 0 Å². The molecule has 2 rings (SSSR count). The van der Waals surface area contributed by atoms with Gasteiger partial charge in [0, 0.05) is 31.0 Å². The van der Waals surface area contributed by atoms with E-state index in [9.17, 15) is 14.4 Å². The lowest BCUT2D eigenvalue weighted by Crippen LogP contribution is -2.32. The van der Waals surface area contributed by atoms with Crippen LogP contribution in [0.3, 0.4) is 0 Å². The molecule has 0 saturated carbocycles. The fraction of sp³-hybridized carbons (Fsp3) is 0.353. The molecule has 2 aromatic rings. The van der Waals surface area contributed by atoms with Gasteiger partial charge in [-0.25, -0.2) is 9.59 Å². The zero-order valence-electron chi connectivity index (χ0n) is 14.0. The van der Waals surface area contributed by atoms with Crippen LogP contribution >= 0.6 is 0 Å². The van der Waals surface area contributed by atoms with Crippen LogP contribution < -0.4 is 15.7 Å². The number of esters is 1. The van der Waals surface area contributed by atoms with Crippen LogP contribution in [0.25, 0.3) is 11.0 Å². The molecule has 24 heavy (non-hydrogen) atoms. The first kappa shape index (κ1) is 17.5. The Morgan fingerprint density at radius 1 is 1.21 bits per heavy atom. The van der Waals surface area contributed by atoms with E-state index in [1.165, 1.54) is 19.1 Å². The molecule has 0 unspecified atom stereocenters. The average molecular weight is 333 g/mol. The minimum Gasteiger partial charge on any atom is -0.444 e. The zero-order chi connectivity index (χ0) is 17.9. The average Bonchev–Trinajstić information content (AvgIpc) is 2.41. The molecule has 1 aromatic heterocycles. The minimum atomic E-state index is -0.610. The van der Waals surface area contributed by atoms with Crippen molar-refractivity contribution in [2.24, 2.45) is 0 Å². The van der Waals surface area contributed by atoms with Crippen LogP contribution in [-0.4, -0.2) is 17.7 Å². The van der Waals surface area contributed by atoms with Crippen LogP contribution in [0, 0.1) is 0 Å². The second-order valence-electron chi connectivity index (χ2n) is 6.20. The number of amides is 1. The number of carbonyl (C=O) groups is 2. The molecule has 1 N–H and O–H groups in total. The number of nitrogens with one attached hydrogen (secondary N) is 1. The molecular weight excluding hydrogens is 314 g/mol. The summed E-state index contributed by atoms with van der Waals surface area (Å²) < 4.78 is 15.2. The van der Waals surface area contributed by atoms with Crippen LogP contribution in [-0.2, 0) is 16.1 Å². The summed E-state index contributed by atoms with van der Waals surface area (Å²) in [6.45, 7) is 6.66. The quantitative estimate of drug-likeness (QED) is 0.527. The molecule has 0 atom stereocenters. The maximum absolute atomic E-state index is 11.7. The van der Waals surface area contributed by atoms with Crippen LogP contribution in [0.2, 0.25) is 0 Å². The van der Waals surface area contributed by atoms with Crippen molar-refractivity contribution >= 4 is 23.0 Å². The van der Waals surface area contributed by atoms with Gasteiger partial charge in [0.2, 0.25) is 0 Å². The third-order valence-corrected chi connectivity index (χ3v) is 2.89. The fourth-order valence-corrected chi connectivity index (χ4v) is 2.07. The minimum absolute atomic E-state index is 0.101. The van der Waals surface area contributed by atoms with Crippen LogP contribution in [0.1, 0.15) is 33.3 Å². The summed E-state index contributed by atoms with van der Waals surface area (Å²) in [4.78, 5) is 34.4. The third-order valence-electron chi connectivity index (χ3n) is 2.89. The highest BCUT2D eigenvalue weighted by Crippen LogP contribution is 2.23. The second-order valence-corrected chi connectivity index (χ2v) is 6.20. The number of hydrogen-bond donors (Lipinski definition) is 1. The van der Waals surface area contributed by atoms with Gasteiger partial charge in [0.1, 0.15) is 16.9 Å². The Balaban J connectivity index is 2.25. The summed E-state index contributed by atoms with van der Waals surface area (Å²) in [5, 5.41) is 3.22. The van der Waals surface area contributed by atoms with Gasteiger partial charge in [0.25, 0.3) is 0 Å². The van der Waals surface area contributed by atoms with Gasteiger partial charge >= 0.3 is 17.7 Å². The molecule has 0 aliphatic heterocycles. The van der Waals surface area contributed by atoms with E-state index in [1.54, 1.807) is 32.9 Å². The lowest BCUT2D eigenvalue weighted by atomic mass is 10.1. The van der Waals surface area contributed by atoms with Crippen molar-refractivity contribution in [3.63, 3.8) is 0 Å². The van der Waals surface area contributed by atoms with Crippen molar-refractivity contribution in [3.05, 3.63) is 40.2 Å². The second kappa shape index (κ2) is 6.74. The van der Waals surface area contributed by atoms with Crippen molar-refractivity contribution in [2.75, 3.05) is 0 Å². The van der Waals surface area contributed by atoms with Crippen molar-refractivity contribution in [1.82, 2.24) is 5.32 Å². The predicted octanol–water partition coefficient (Wildman–Crippen LogP) is 2.74. The number of carbonyl (C=O) groups excluding carboxylic acids is 2. The van der Waals surface area contributed by atoms with Crippen LogP contribution in [0.5, 0.6) is 5.75 Å². The van der Waals surface area contributed by atoms with Gasteiger partial charge in [-0.3, -0.25) is 4.79 Å². The molecule has 7 nitrogen and oxygen atoms in total. The van der Waals surface area contributed by atoms with Gasteiger partial charge in [-0.05, 0) is 38.5 Å². The number of benzene rings is 1. The van der Waals surface area contributed by atoms with E-state index in [-0.39, 0.29) is 17.9 Å². The van der Waals surface area contributed by atoms with Gasteiger partial charge < -0.3 is 19.2 Å². The predicted molar refractivity (Wildman–Crippen MR) is 86.9 cm³/mol. The van der Waals surface area contributed by atoms with Crippen molar-refractivity contribution in [3.8, 4) is 5.75 Å². The van der Waals surface area contributed by atoms with Crippen LogP contribution in [0.4, 0.5) is 4.79 Å². The van der Waals surface area contributed by atoms with Gasteiger partial charge in [-0.1, -0.05) is 0 Å². The smallest absolute Gasteiger partial charge is 0.407 e. The Labute approximate surface area is 138 Å². The molecule has 0 spiro atoms. The summed E-state index contributed by atoms with van der Waals surface area (Å²) in [5.41, 5.74) is -0.340. The van der Waals surface area contributed by atoms with E-state index < -0.39 is 23.3 Å². The highest BCUT2D eigenvalue weighted by atomic mass is 16.6. The van der Waals surface area contributed by atoms with E-state index in [0.717, 1.165) is 0 Å². The molecule has 1 heterocycles. The molecule has 0 aliphatic carbocycles. The SMILES string of the molecule is CC(=O)Oc1ccc2c(CNC(=O)OC(C)(C)C)cc(=O)oc2c1. The van der Waals surface area contributed by atoms with E-state index in [1.807, 2.05) is 0 Å². The normalized spacial score (nSPS) is 11.2. The first-order chi connectivity index (χ1) is 11.1. The number of fused-ring (bicyclic) bond motifs is 1. The summed E-state index contributed by atoms with van der Waals surface area (Å²) in [7, 11) is 0. The molecule has 0 saturated heterocycles. The molecular formula is C17H19NO6. The standard InChI is InChI=1S/C17H19NO6/c1-10(19)22-12-5-6-13-11(7-15(20)23-14(13)8-12)9-18-16(21)24-17(2,3)4/h5-8H,9H2,1-4H3,(H,18,21). The third kappa shape index (κ3) is 4.84. The van der Waals surface area contributed by atoms with Gasteiger partial charge in [-0.15, -0.1) is 0 Å². The Bertz CT molecular complexity index is 831. The number of hydrogen-bond acceptors (Lipinski definition) is 6. The van der Waals surface area contributed by atoms with Crippen molar-refractivity contribution in [2.45, 2.75) is 39.8 Å². The first-order valence-electron chi connectivity index (χ1n) is 7.36. The van der Waals surface area contributed by atoms with E-state index in [4.69, 9.17) is 13.9 Å². The molecule has 128 valence electrons. The first-order valence-corrected chi connectivity index (χ1v) is 7.36. The molecule has 0 aliphatic rings. The summed E-state index contributed by atoms with van der Waals surface area (Å²) >= 11 is 0. The number of rotatable bonds is 3. The topological polar surface area (TPSA) is 94.8 Å². The molecule has 1 aromatic carbocycles. The molecule has 1 amide bonds. The lowest BCUT2D eigenvalue weighted by molar-refractivity contribution is -0.131. The largest absolute Gasteiger partial charge is 0.444 e. The van der Waals surface area contributed by atoms with E-state index in [0.29, 0.717) is 10.9 Å². The Morgan fingerprint density at radius 2 is 1.92 bits per heavy atom. The fourth-order valence-electron chi connectivity index (χ4n) is 2.07. The van der Waals surface area contributed by atoms with Gasteiger partial charge in [0.15, 0.2) is 0 Å². The molecule has 0 fully saturated rings. The zero-order valence-corrected chi connectivity index (χ0v) is 14.0. The summed E-state index contributed by atoms with van der Waals surface area (Å²) in [5.74, 6) is -0.199. The van der Waals surface area contributed by atoms with Gasteiger partial charge in [-0.2, -0.15) is 0 Å². The molecule has 0 bridgehead atoms. The van der Waals surface area contributed by atoms with E-state index >= 15 is 0 Å². The number of ether oxygens (including phenoxy) is 2. The maximum Gasteiger partial charge on any atom is 0.407 e. The summed E-state index contributed by atoms with van der Waals surface area (Å²) in [6, 6.07) is 5.99. The van der Waals surface area contributed by atoms with Crippen molar-refractivity contribution in [1.29, 1.82) is 0 Å². The maximum atomic E-state index is 11.7. The van der Waals surface area contributed by atoms with Crippen molar-refractivity contribution < 1.29 is 23.5 Å². The Kier molecular flexibility index (Phi) is 4.92. The van der Waals surface area contributed by atoms with Crippen LogP contribution in [0.15, 0.2) is 33.5 Å². The van der Waals surface area contributed by atoms with E-state index in [2.05, 4.69) is 5.32 Å². The molecule has 0 radical (unpaired) electrons.